The summed E-state index contributed by atoms with van der Waals surface area (Å²) in [6.07, 6.45) is 0.851. The molecule has 4 nitrogen and oxygen atoms in total. The summed E-state index contributed by atoms with van der Waals surface area (Å²) >= 11 is 0. The zero-order valence-electron chi connectivity index (χ0n) is 9.11. The van der Waals surface area contributed by atoms with Gasteiger partial charge in [0.1, 0.15) is 0 Å². The van der Waals surface area contributed by atoms with Crippen LogP contribution >= 0.6 is 0 Å². The number of hydrogen-bond acceptors (Lipinski definition) is 2. The maximum Gasteiger partial charge on any atom is 0.150 e. The minimum absolute atomic E-state index is 0.301. The van der Waals surface area contributed by atoms with Gasteiger partial charge in [-0.15, -0.1) is 0 Å². The monoisotopic (exact) mass is 203 g/mol. The van der Waals surface area contributed by atoms with Gasteiger partial charge in [-0.2, -0.15) is 0 Å². The molecule has 0 N–H and O–H groups in total. The molecule has 0 aliphatic heterocycles. The van der Waals surface area contributed by atoms with Crippen LogP contribution in [-0.4, -0.2) is 6.29 Å². The first-order valence-electron chi connectivity index (χ1n) is 4.67. The summed E-state index contributed by atoms with van der Waals surface area (Å²) in [6.45, 7) is 6.04. The van der Waals surface area contributed by atoms with Crippen LogP contribution in [0, 0.1) is 20.8 Å². The van der Waals surface area contributed by atoms with Gasteiger partial charge >= 0.3 is 0 Å². The predicted octanol–water partition coefficient (Wildman–Crippen LogP) is 3.23. The van der Waals surface area contributed by atoms with Gasteiger partial charge in [0.15, 0.2) is 6.29 Å². The van der Waals surface area contributed by atoms with Gasteiger partial charge in [-0.1, -0.05) is 11.2 Å². The maximum atomic E-state index is 10.9. The zero-order valence-corrected chi connectivity index (χ0v) is 9.11. The number of rotatable bonds is 3. The highest BCUT2D eigenvalue weighted by molar-refractivity contribution is 5.80. The Hall–Kier alpha value is -1.80. The Morgan fingerprint density at radius 2 is 2.07 bits per heavy atom. The molecule has 0 saturated heterocycles. The van der Waals surface area contributed by atoms with E-state index in [-0.39, 0.29) is 0 Å². The van der Waals surface area contributed by atoms with Crippen molar-refractivity contribution in [3.63, 3.8) is 0 Å². The molecule has 0 saturated carbocycles. The highest BCUT2D eigenvalue weighted by Crippen LogP contribution is 2.21. The van der Waals surface area contributed by atoms with Crippen LogP contribution in [0.25, 0.3) is 10.4 Å². The number of benzene rings is 1. The molecular formula is C11H13N3O. The standard InChI is InChI=1S/C11H13N3O/c1-7-4-8(2)11(6-15)9(3)10(7)5-13-14-12/h4,6H,5H2,1-3H3. The van der Waals surface area contributed by atoms with E-state index < -0.39 is 0 Å². The van der Waals surface area contributed by atoms with Crippen LogP contribution in [0.2, 0.25) is 0 Å². The van der Waals surface area contributed by atoms with Crippen LogP contribution in [0.5, 0.6) is 0 Å². The third-order valence-electron chi connectivity index (χ3n) is 2.60. The predicted molar refractivity (Wildman–Crippen MR) is 58.9 cm³/mol. The molecule has 0 spiro atoms. The number of aldehydes is 1. The van der Waals surface area contributed by atoms with E-state index in [9.17, 15) is 4.79 Å². The topological polar surface area (TPSA) is 65.8 Å². The fourth-order valence-electron chi connectivity index (χ4n) is 1.77. The molecule has 0 aliphatic carbocycles. The summed E-state index contributed by atoms with van der Waals surface area (Å²) < 4.78 is 0. The van der Waals surface area contributed by atoms with E-state index in [1.54, 1.807) is 0 Å². The Kier molecular flexibility index (Phi) is 3.47. The zero-order chi connectivity index (χ0) is 11.4. The van der Waals surface area contributed by atoms with Crippen molar-refractivity contribution in [1.29, 1.82) is 0 Å². The Balaban J connectivity index is 3.37. The first-order chi connectivity index (χ1) is 7.11. The second-order valence-corrected chi connectivity index (χ2v) is 3.53. The minimum atomic E-state index is 0.301. The summed E-state index contributed by atoms with van der Waals surface area (Å²) in [6, 6.07) is 1.94. The smallest absolute Gasteiger partial charge is 0.150 e. The second-order valence-electron chi connectivity index (χ2n) is 3.53. The number of aryl methyl sites for hydroxylation is 2. The number of carbonyl (C=O) groups is 1. The summed E-state index contributed by atoms with van der Waals surface area (Å²) in [5.74, 6) is 0. The molecule has 0 unspecified atom stereocenters. The van der Waals surface area contributed by atoms with Crippen molar-refractivity contribution in [2.45, 2.75) is 27.3 Å². The normalized spacial score (nSPS) is 9.53. The lowest BCUT2D eigenvalue weighted by molar-refractivity contribution is 0.112. The van der Waals surface area contributed by atoms with Crippen LogP contribution in [0.4, 0.5) is 0 Å². The van der Waals surface area contributed by atoms with Gasteiger partial charge in [-0.25, -0.2) is 0 Å². The van der Waals surface area contributed by atoms with Crippen molar-refractivity contribution in [3.05, 3.63) is 44.3 Å². The molecule has 15 heavy (non-hydrogen) atoms. The van der Waals surface area contributed by atoms with Crippen molar-refractivity contribution in [3.8, 4) is 0 Å². The molecule has 0 bridgehead atoms. The van der Waals surface area contributed by atoms with Crippen molar-refractivity contribution in [2.24, 2.45) is 5.11 Å². The van der Waals surface area contributed by atoms with Crippen LogP contribution < -0.4 is 0 Å². The first kappa shape index (κ1) is 11.3. The summed E-state index contributed by atoms with van der Waals surface area (Å²) in [5.41, 5.74) is 12.9. The van der Waals surface area contributed by atoms with Crippen molar-refractivity contribution in [1.82, 2.24) is 0 Å². The molecule has 1 rings (SSSR count). The lowest BCUT2D eigenvalue weighted by Crippen LogP contribution is -2.00. The molecule has 0 atom stereocenters. The molecule has 1 aromatic rings. The van der Waals surface area contributed by atoms with E-state index in [2.05, 4.69) is 10.0 Å². The van der Waals surface area contributed by atoms with Crippen molar-refractivity contribution in [2.75, 3.05) is 0 Å². The third kappa shape index (κ3) is 2.17. The van der Waals surface area contributed by atoms with Crippen LogP contribution in [-0.2, 0) is 6.54 Å². The third-order valence-corrected chi connectivity index (χ3v) is 2.60. The summed E-state index contributed by atoms with van der Waals surface area (Å²) in [7, 11) is 0. The second kappa shape index (κ2) is 4.62. The molecule has 0 heterocycles. The fraction of sp³-hybridized carbons (Fsp3) is 0.364. The molecule has 0 fully saturated rings. The first-order valence-corrected chi connectivity index (χ1v) is 4.67. The SMILES string of the molecule is Cc1cc(C)c(CN=[N+]=[N-])c(C)c1C=O. The number of carbonyl (C=O) groups excluding carboxylic acids is 1. The highest BCUT2D eigenvalue weighted by atomic mass is 16.1. The molecule has 1 aromatic carbocycles. The van der Waals surface area contributed by atoms with Gasteiger partial charge < -0.3 is 0 Å². The van der Waals surface area contributed by atoms with Gasteiger partial charge in [-0.3, -0.25) is 4.79 Å². The molecule has 4 heteroatoms. The quantitative estimate of drug-likeness (QED) is 0.322. The minimum Gasteiger partial charge on any atom is -0.298 e. The summed E-state index contributed by atoms with van der Waals surface area (Å²) in [5, 5.41) is 3.53. The van der Waals surface area contributed by atoms with E-state index in [0.717, 1.165) is 28.5 Å². The Morgan fingerprint density at radius 3 is 2.60 bits per heavy atom. The summed E-state index contributed by atoms with van der Waals surface area (Å²) in [4.78, 5) is 13.6. The van der Waals surface area contributed by atoms with E-state index in [4.69, 9.17) is 5.53 Å². The van der Waals surface area contributed by atoms with E-state index in [1.165, 1.54) is 0 Å². The number of hydrogen-bond donors (Lipinski definition) is 0. The molecule has 0 aromatic heterocycles. The van der Waals surface area contributed by atoms with Crippen LogP contribution in [0.15, 0.2) is 11.2 Å². The fourth-order valence-corrected chi connectivity index (χ4v) is 1.77. The molecule has 0 aliphatic rings. The largest absolute Gasteiger partial charge is 0.298 e. The molecule has 0 radical (unpaired) electrons. The molecule has 0 amide bonds. The Morgan fingerprint density at radius 1 is 1.40 bits per heavy atom. The van der Waals surface area contributed by atoms with Crippen LogP contribution in [0.1, 0.15) is 32.6 Å². The number of nitrogens with zero attached hydrogens (tertiary/aromatic N) is 3. The maximum absolute atomic E-state index is 10.9. The average molecular weight is 203 g/mol. The Bertz CT molecular complexity index is 446. The van der Waals surface area contributed by atoms with Crippen molar-refractivity contribution < 1.29 is 4.79 Å². The van der Waals surface area contributed by atoms with Gasteiger partial charge in [0.25, 0.3) is 0 Å². The van der Waals surface area contributed by atoms with Gasteiger partial charge in [-0.05, 0) is 48.6 Å². The molecule has 78 valence electrons. The molecular weight excluding hydrogens is 190 g/mol. The average Bonchev–Trinajstić information content (AvgIpc) is 2.17. The van der Waals surface area contributed by atoms with Gasteiger partial charge in [0, 0.05) is 10.5 Å². The van der Waals surface area contributed by atoms with E-state index in [1.807, 2.05) is 26.8 Å². The Labute approximate surface area is 88.6 Å². The van der Waals surface area contributed by atoms with Crippen molar-refractivity contribution >= 4 is 6.29 Å². The van der Waals surface area contributed by atoms with E-state index >= 15 is 0 Å². The lowest BCUT2D eigenvalue weighted by atomic mass is 9.94. The number of azide groups is 1. The van der Waals surface area contributed by atoms with E-state index in [0.29, 0.717) is 12.1 Å². The van der Waals surface area contributed by atoms with Gasteiger partial charge in [0.05, 0.1) is 6.54 Å². The van der Waals surface area contributed by atoms with Crippen LogP contribution in [0.3, 0.4) is 0 Å². The van der Waals surface area contributed by atoms with Gasteiger partial charge in [0.2, 0.25) is 0 Å². The highest BCUT2D eigenvalue weighted by Gasteiger charge is 2.09. The lowest BCUT2D eigenvalue weighted by Gasteiger charge is -2.12.